The number of carbonyl (C=O) groups excluding carboxylic acids is 4. The molecule has 2 aliphatic heterocycles. The second-order valence-electron chi connectivity index (χ2n) is 12.5. The second kappa shape index (κ2) is 21.8. The maximum Gasteiger partial charge on any atom is 0.261 e. The maximum atomic E-state index is 13.2. The van der Waals surface area contributed by atoms with Crippen LogP contribution in [0.3, 0.4) is 0 Å². The van der Waals surface area contributed by atoms with Gasteiger partial charge in [0.15, 0.2) is 0 Å². The van der Waals surface area contributed by atoms with Crippen molar-refractivity contribution < 1.29 is 19.2 Å². The van der Waals surface area contributed by atoms with Crippen LogP contribution < -0.4 is 32.7 Å². The quantitative estimate of drug-likeness (QED) is 0.0667. The molecule has 0 saturated heterocycles. The van der Waals surface area contributed by atoms with E-state index in [1.807, 2.05) is 0 Å². The maximum absolute atomic E-state index is 13.2. The smallest absolute Gasteiger partial charge is 0.261 e. The Hall–Kier alpha value is -3.23. The number of hydrogen-bond acceptors (Lipinski definition) is 10. The van der Waals surface area contributed by atoms with Gasteiger partial charge in [-0.05, 0) is 152 Å². The summed E-state index contributed by atoms with van der Waals surface area (Å²) in [5.74, 6) is -1.15. The van der Waals surface area contributed by atoms with Crippen LogP contribution in [0, 0.1) is 0 Å². The Morgan fingerprint density at radius 2 is 0.735 bits per heavy atom. The van der Waals surface area contributed by atoms with E-state index in [4.69, 9.17) is 11.5 Å². The van der Waals surface area contributed by atoms with Crippen molar-refractivity contribution in [3.8, 4) is 11.1 Å². The topological polar surface area (TPSA) is 175 Å². The van der Waals surface area contributed by atoms with Gasteiger partial charge in [-0.3, -0.25) is 29.0 Å². The van der Waals surface area contributed by atoms with Crippen molar-refractivity contribution in [2.75, 3.05) is 78.5 Å². The van der Waals surface area contributed by atoms with Gasteiger partial charge in [-0.2, -0.15) is 0 Å². The van der Waals surface area contributed by atoms with E-state index in [2.05, 4.69) is 21.3 Å². The molecule has 2 aliphatic rings. The molecular weight excluding hydrogens is 644 g/mol. The zero-order valence-corrected chi connectivity index (χ0v) is 29.5. The van der Waals surface area contributed by atoms with Crippen molar-refractivity contribution in [3.05, 3.63) is 58.7 Å². The van der Waals surface area contributed by atoms with Gasteiger partial charge >= 0.3 is 0 Å². The van der Waals surface area contributed by atoms with Crippen LogP contribution in [0.2, 0.25) is 0 Å². The first-order valence-electron chi connectivity index (χ1n) is 17.7. The second-order valence-corrected chi connectivity index (χ2v) is 12.5. The zero-order chi connectivity index (χ0) is 34.1. The lowest BCUT2D eigenvalue weighted by Gasteiger charge is -2.14. The predicted octanol–water partition coefficient (Wildman–Crippen LogP) is 2.36. The lowest BCUT2D eigenvalue weighted by Crippen LogP contribution is -2.32. The highest BCUT2D eigenvalue weighted by atomic mass is 35.5. The Kier molecular flexibility index (Phi) is 17.9. The van der Waals surface area contributed by atoms with Gasteiger partial charge < -0.3 is 32.7 Å². The van der Waals surface area contributed by atoms with E-state index in [9.17, 15) is 19.2 Å². The van der Waals surface area contributed by atoms with Gasteiger partial charge in [0.1, 0.15) is 0 Å². The molecule has 0 aliphatic carbocycles. The van der Waals surface area contributed by atoms with E-state index in [-0.39, 0.29) is 36.0 Å². The summed E-state index contributed by atoms with van der Waals surface area (Å²) in [6, 6.07) is 10.4. The molecule has 0 unspecified atom stereocenters. The molecule has 2 aromatic carbocycles. The average Bonchev–Trinajstić information content (AvgIpc) is 3.48. The highest BCUT2D eigenvalue weighted by Crippen LogP contribution is 2.32. The number of hydrogen-bond donors (Lipinski definition) is 6. The highest BCUT2D eigenvalue weighted by molar-refractivity contribution is 6.23. The molecule has 49 heavy (non-hydrogen) atoms. The van der Waals surface area contributed by atoms with Crippen molar-refractivity contribution >= 4 is 36.0 Å². The molecule has 4 rings (SSSR count). The van der Waals surface area contributed by atoms with Gasteiger partial charge in [0.2, 0.25) is 0 Å². The summed E-state index contributed by atoms with van der Waals surface area (Å²) in [7, 11) is 0. The third-order valence-corrected chi connectivity index (χ3v) is 8.77. The number of carbonyl (C=O) groups is 4. The Balaban J connectivity index is 0.00000650. The van der Waals surface area contributed by atoms with Crippen LogP contribution in [0.4, 0.5) is 0 Å². The minimum Gasteiger partial charge on any atom is -0.330 e. The minimum atomic E-state index is -0.299. The van der Waals surface area contributed by atoms with E-state index in [0.717, 1.165) is 102 Å². The summed E-state index contributed by atoms with van der Waals surface area (Å²) in [6.07, 6.45) is 7.60. The van der Waals surface area contributed by atoms with Crippen molar-refractivity contribution in [2.24, 2.45) is 11.5 Å². The van der Waals surface area contributed by atoms with E-state index in [0.29, 0.717) is 61.3 Å². The molecule has 0 fully saturated rings. The normalized spacial score (nSPS) is 13.8. The number of nitrogens with one attached hydrogen (secondary N) is 4. The Bertz CT molecular complexity index is 1290. The lowest BCUT2D eigenvalue weighted by molar-refractivity contribution is 0.0637. The van der Waals surface area contributed by atoms with Crippen molar-refractivity contribution in [1.82, 2.24) is 31.1 Å². The largest absolute Gasteiger partial charge is 0.330 e. The first-order valence-corrected chi connectivity index (χ1v) is 17.7. The van der Waals surface area contributed by atoms with E-state index in [1.165, 1.54) is 9.80 Å². The molecule has 0 radical (unpaired) electrons. The van der Waals surface area contributed by atoms with Crippen LogP contribution in [-0.2, 0) is 0 Å². The number of fused-ring (bicyclic) bond motifs is 2. The fourth-order valence-electron chi connectivity index (χ4n) is 6.03. The van der Waals surface area contributed by atoms with Crippen LogP contribution in [0.1, 0.15) is 92.8 Å². The highest BCUT2D eigenvalue weighted by Gasteiger charge is 2.37. The number of benzene rings is 2. The average molecular weight is 699 g/mol. The van der Waals surface area contributed by atoms with Gasteiger partial charge in [-0.25, -0.2) is 0 Å². The molecule has 2 aromatic rings. The Morgan fingerprint density at radius 1 is 0.429 bits per heavy atom. The predicted molar refractivity (Wildman–Crippen MR) is 196 cm³/mol. The Labute approximate surface area is 296 Å². The first kappa shape index (κ1) is 40.2. The molecule has 2 heterocycles. The summed E-state index contributed by atoms with van der Waals surface area (Å²) in [5, 5.41) is 13.5. The number of nitrogens with zero attached hydrogens (tertiary/aromatic N) is 2. The number of imide groups is 2. The van der Waals surface area contributed by atoms with Crippen LogP contribution >= 0.6 is 12.4 Å². The van der Waals surface area contributed by atoms with Crippen LogP contribution in [-0.4, -0.2) is 112 Å². The number of unbranched alkanes of at least 4 members (excludes halogenated alkanes) is 2. The molecule has 4 amide bonds. The van der Waals surface area contributed by atoms with Crippen molar-refractivity contribution in [3.63, 3.8) is 0 Å². The fourth-order valence-corrected chi connectivity index (χ4v) is 6.03. The molecule has 0 spiro atoms. The molecule has 0 atom stereocenters. The SMILES string of the molecule is Cl.NCCCNCCCCNCCCN1C(=O)c2ccc(-c3ccc4c(c3)C(=O)N(CCCNCCCCNCCCN)C4=O)cc2C1=O. The van der Waals surface area contributed by atoms with Gasteiger partial charge in [-0.15, -0.1) is 12.4 Å². The molecule has 0 saturated carbocycles. The fraction of sp³-hybridized carbons (Fsp3) is 0.556. The van der Waals surface area contributed by atoms with Gasteiger partial charge in [0, 0.05) is 13.1 Å². The molecule has 13 heteroatoms. The molecular formula is C36H55ClN8O4. The third kappa shape index (κ3) is 11.4. The van der Waals surface area contributed by atoms with Gasteiger partial charge in [0.05, 0.1) is 22.3 Å². The zero-order valence-electron chi connectivity index (χ0n) is 28.7. The van der Waals surface area contributed by atoms with Gasteiger partial charge in [-0.1, -0.05) is 12.1 Å². The summed E-state index contributed by atoms with van der Waals surface area (Å²) in [6.45, 7) is 9.20. The number of nitrogens with two attached hydrogens (primary N) is 2. The molecule has 0 aromatic heterocycles. The van der Waals surface area contributed by atoms with Gasteiger partial charge in [0.25, 0.3) is 23.6 Å². The van der Waals surface area contributed by atoms with Crippen LogP contribution in [0.25, 0.3) is 11.1 Å². The summed E-state index contributed by atoms with van der Waals surface area (Å²) < 4.78 is 0. The summed E-state index contributed by atoms with van der Waals surface area (Å²) >= 11 is 0. The van der Waals surface area contributed by atoms with Crippen molar-refractivity contribution in [2.45, 2.75) is 51.4 Å². The van der Waals surface area contributed by atoms with Crippen molar-refractivity contribution in [1.29, 1.82) is 0 Å². The van der Waals surface area contributed by atoms with E-state index in [1.54, 1.807) is 36.4 Å². The number of halogens is 1. The molecule has 8 N–H and O–H groups in total. The minimum absolute atomic E-state index is 0. The monoisotopic (exact) mass is 698 g/mol. The van der Waals surface area contributed by atoms with E-state index < -0.39 is 0 Å². The first-order chi connectivity index (χ1) is 23.5. The third-order valence-electron chi connectivity index (χ3n) is 8.77. The Morgan fingerprint density at radius 3 is 1.08 bits per heavy atom. The number of amides is 4. The molecule has 0 bridgehead atoms. The standard InChI is InChI=1S/C36H54N8O4.ClH/c37-13-5-19-39-15-1-3-17-41-21-7-23-43-33(45)29-11-9-27(25-31(29)35(43)47)28-10-12-30-32(26-28)36(48)44(34(30)46)24-8-22-42-18-4-2-16-40-20-6-14-38;/h9-12,25-26,39-42H,1-8,13-24,37-38H2;1H. The summed E-state index contributed by atoms with van der Waals surface area (Å²) in [4.78, 5) is 55.1. The van der Waals surface area contributed by atoms with E-state index >= 15 is 0 Å². The van der Waals surface area contributed by atoms with Crippen LogP contribution in [0.5, 0.6) is 0 Å². The summed E-state index contributed by atoms with van der Waals surface area (Å²) in [5.41, 5.74) is 14.0. The van der Waals surface area contributed by atoms with Crippen LogP contribution in [0.15, 0.2) is 36.4 Å². The molecule has 270 valence electrons. The lowest BCUT2D eigenvalue weighted by atomic mass is 9.97. The molecule has 12 nitrogen and oxygen atoms in total. The number of rotatable bonds is 25.